The van der Waals surface area contributed by atoms with Crippen molar-refractivity contribution < 1.29 is 4.79 Å². The van der Waals surface area contributed by atoms with Crippen molar-refractivity contribution in [3.05, 3.63) is 23.7 Å². The Labute approximate surface area is 104 Å². The first kappa shape index (κ1) is 12.0. The molecule has 5 heteroatoms. The molecule has 0 aliphatic heterocycles. The molecule has 0 spiro atoms. The standard InChI is InChI=1S/C12H15N3OS/c1-2-5-13-7-12(16)15-9-3-4-10-11(6-9)17-8-14-10/h3-4,6,8,13H,2,5,7H2,1H3,(H,15,16). The van der Waals surface area contributed by atoms with Crippen LogP contribution in [-0.2, 0) is 4.79 Å². The molecular formula is C12H15N3OS. The Balaban J connectivity index is 1.95. The fourth-order valence-corrected chi connectivity index (χ4v) is 2.23. The van der Waals surface area contributed by atoms with Gasteiger partial charge >= 0.3 is 0 Å². The number of thiazole rings is 1. The minimum atomic E-state index is -0.0117. The van der Waals surface area contributed by atoms with Gasteiger partial charge in [0.2, 0.25) is 5.91 Å². The zero-order chi connectivity index (χ0) is 12.1. The van der Waals surface area contributed by atoms with E-state index in [9.17, 15) is 4.79 Å². The highest BCUT2D eigenvalue weighted by atomic mass is 32.1. The molecule has 2 aromatic rings. The first-order valence-corrected chi connectivity index (χ1v) is 6.51. The number of carbonyl (C=O) groups is 1. The summed E-state index contributed by atoms with van der Waals surface area (Å²) in [5, 5.41) is 5.93. The molecular weight excluding hydrogens is 234 g/mol. The van der Waals surface area contributed by atoms with Crippen LogP contribution in [0.4, 0.5) is 5.69 Å². The number of benzene rings is 1. The monoisotopic (exact) mass is 249 g/mol. The molecule has 1 amide bonds. The number of hydrogen-bond acceptors (Lipinski definition) is 4. The molecule has 2 N–H and O–H groups in total. The zero-order valence-corrected chi connectivity index (χ0v) is 10.5. The van der Waals surface area contributed by atoms with E-state index in [2.05, 4.69) is 22.5 Å². The minimum Gasteiger partial charge on any atom is -0.325 e. The highest BCUT2D eigenvalue weighted by Gasteiger charge is 2.03. The Morgan fingerprint density at radius 2 is 2.35 bits per heavy atom. The van der Waals surface area contributed by atoms with Gasteiger partial charge in [0, 0.05) is 5.69 Å². The number of nitrogens with zero attached hydrogens (tertiary/aromatic N) is 1. The van der Waals surface area contributed by atoms with E-state index in [1.54, 1.807) is 16.8 Å². The SMILES string of the molecule is CCCNCC(=O)Nc1ccc2ncsc2c1. The van der Waals surface area contributed by atoms with Gasteiger partial charge < -0.3 is 10.6 Å². The Morgan fingerprint density at radius 3 is 3.18 bits per heavy atom. The second-order valence-corrected chi connectivity index (χ2v) is 4.65. The normalized spacial score (nSPS) is 10.6. The summed E-state index contributed by atoms with van der Waals surface area (Å²) in [4.78, 5) is 15.8. The Morgan fingerprint density at radius 1 is 1.47 bits per heavy atom. The molecule has 2 rings (SSSR count). The molecule has 90 valence electrons. The third-order valence-corrected chi connectivity index (χ3v) is 3.12. The van der Waals surface area contributed by atoms with Crippen molar-refractivity contribution in [2.24, 2.45) is 0 Å². The lowest BCUT2D eigenvalue weighted by Gasteiger charge is -2.05. The zero-order valence-electron chi connectivity index (χ0n) is 9.69. The fraction of sp³-hybridized carbons (Fsp3) is 0.333. The summed E-state index contributed by atoms with van der Waals surface area (Å²) < 4.78 is 1.09. The van der Waals surface area contributed by atoms with Crippen molar-refractivity contribution in [3.63, 3.8) is 0 Å². The largest absolute Gasteiger partial charge is 0.325 e. The molecule has 4 nitrogen and oxygen atoms in total. The van der Waals surface area contributed by atoms with Crippen LogP contribution in [0.1, 0.15) is 13.3 Å². The molecule has 0 atom stereocenters. The fourth-order valence-electron chi connectivity index (χ4n) is 1.52. The smallest absolute Gasteiger partial charge is 0.238 e. The van der Waals surface area contributed by atoms with Crippen molar-refractivity contribution in [2.75, 3.05) is 18.4 Å². The van der Waals surface area contributed by atoms with E-state index >= 15 is 0 Å². The average Bonchev–Trinajstić information content (AvgIpc) is 2.76. The van der Waals surface area contributed by atoms with E-state index in [0.717, 1.165) is 28.9 Å². The van der Waals surface area contributed by atoms with Gasteiger partial charge in [-0.25, -0.2) is 4.98 Å². The van der Waals surface area contributed by atoms with Crippen LogP contribution in [0.2, 0.25) is 0 Å². The number of amides is 1. The van der Waals surface area contributed by atoms with Crippen LogP contribution in [0.5, 0.6) is 0 Å². The van der Waals surface area contributed by atoms with Gasteiger partial charge in [-0.2, -0.15) is 0 Å². The predicted molar refractivity (Wildman–Crippen MR) is 71.4 cm³/mol. The summed E-state index contributed by atoms with van der Waals surface area (Å²) in [6.45, 7) is 3.29. The summed E-state index contributed by atoms with van der Waals surface area (Å²) in [5.74, 6) is -0.0117. The van der Waals surface area contributed by atoms with Gasteiger partial charge in [0.25, 0.3) is 0 Å². The summed E-state index contributed by atoms with van der Waals surface area (Å²) >= 11 is 1.57. The molecule has 17 heavy (non-hydrogen) atoms. The van der Waals surface area contributed by atoms with Crippen LogP contribution >= 0.6 is 11.3 Å². The summed E-state index contributed by atoms with van der Waals surface area (Å²) in [7, 11) is 0. The molecule has 0 radical (unpaired) electrons. The van der Waals surface area contributed by atoms with E-state index in [1.165, 1.54) is 0 Å². The lowest BCUT2D eigenvalue weighted by Crippen LogP contribution is -2.28. The highest BCUT2D eigenvalue weighted by Crippen LogP contribution is 2.21. The molecule has 0 aliphatic carbocycles. The molecule has 0 saturated carbocycles. The minimum absolute atomic E-state index is 0.0117. The van der Waals surface area contributed by atoms with E-state index in [0.29, 0.717) is 6.54 Å². The van der Waals surface area contributed by atoms with Crippen LogP contribution in [-0.4, -0.2) is 24.0 Å². The number of hydrogen-bond donors (Lipinski definition) is 2. The van der Waals surface area contributed by atoms with E-state index < -0.39 is 0 Å². The quantitative estimate of drug-likeness (QED) is 0.799. The summed E-state index contributed by atoms with van der Waals surface area (Å²) in [5.41, 5.74) is 3.60. The number of nitrogens with one attached hydrogen (secondary N) is 2. The van der Waals surface area contributed by atoms with E-state index in [-0.39, 0.29) is 5.91 Å². The van der Waals surface area contributed by atoms with Gasteiger partial charge in [-0.3, -0.25) is 4.79 Å². The third kappa shape index (κ3) is 3.25. The highest BCUT2D eigenvalue weighted by molar-refractivity contribution is 7.16. The molecule has 0 aliphatic rings. The van der Waals surface area contributed by atoms with Gasteiger partial charge in [-0.1, -0.05) is 6.92 Å². The Hall–Kier alpha value is -1.46. The average molecular weight is 249 g/mol. The maximum atomic E-state index is 11.6. The summed E-state index contributed by atoms with van der Waals surface area (Å²) in [6, 6.07) is 5.74. The number of carbonyl (C=O) groups excluding carboxylic acids is 1. The molecule has 1 heterocycles. The molecule has 0 fully saturated rings. The topological polar surface area (TPSA) is 54.0 Å². The number of aromatic nitrogens is 1. The Bertz CT molecular complexity index is 509. The van der Waals surface area contributed by atoms with Gasteiger partial charge in [0.05, 0.1) is 22.3 Å². The van der Waals surface area contributed by atoms with E-state index in [1.807, 2.05) is 18.2 Å². The first-order valence-electron chi connectivity index (χ1n) is 5.63. The van der Waals surface area contributed by atoms with Crippen molar-refractivity contribution in [1.82, 2.24) is 10.3 Å². The van der Waals surface area contributed by atoms with Crippen LogP contribution in [0.3, 0.4) is 0 Å². The molecule has 0 unspecified atom stereocenters. The molecule has 1 aromatic heterocycles. The second-order valence-electron chi connectivity index (χ2n) is 3.76. The number of fused-ring (bicyclic) bond motifs is 1. The van der Waals surface area contributed by atoms with Crippen LogP contribution in [0.15, 0.2) is 23.7 Å². The van der Waals surface area contributed by atoms with Crippen molar-refractivity contribution in [1.29, 1.82) is 0 Å². The predicted octanol–water partition coefficient (Wildman–Crippen LogP) is 2.23. The van der Waals surface area contributed by atoms with Crippen molar-refractivity contribution >= 4 is 33.1 Å². The number of rotatable bonds is 5. The molecule has 0 saturated heterocycles. The van der Waals surface area contributed by atoms with Gasteiger partial charge in [-0.15, -0.1) is 11.3 Å². The maximum Gasteiger partial charge on any atom is 0.238 e. The van der Waals surface area contributed by atoms with E-state index in [4.69, 9.17) is 0 Å². The summed E-state index contributed by atoms with van der Waals surface area (Å²) in [6.07, 6.45) is 1.03. The molecule has 1 aromatic carbocycles. The number of anilines is 1. The first-order chi connectivity index (χ1) is 8.29. The van der Waals surface area contributed by atoms with Crippen LogP contribution in [0.25, 0.3) is 10.2 Å². The second kappa shape index (κ2) is 5.75. The van der Waals surface area contributed by atoms with Gasteiger partial charge in [0.1, 0.15) is 0 Å². The van der Waals surface area contributed by atoms with Crippen molar-refractivity contribution in [2.45, 2.75) is 13.3 Å². The third-order valence-electron chi connectivity index (χ3n) is 2.33. The van der Waals surface area contributed by atoms with Crippen LogP contribution in [0, 0.1) is 0 Å². The van der Waals surface area contributed by atoms with Gasteiger partial charge in [0.15, 0.2) is 0 Å². The Kier molecular flexibility index (Phi) is 4.06. The van der Waals surface area contributed by atoms with Crippen LogP contribution < -0.4 is 10.6 Å². The lowest BCUT2D eigenvalue weighted by atomic mass is 10.3. The van der Waals surface area contributed by atoms with Crippen molar-refractivity contribution in [3.8, 4) is 0 Å². The molecule has 0 bridgehead atoms. The maximum absolute atomic E-state index is 11.6. The lowest BCUT2D eigenvalue weighted by molar-refractivity contribution is -0.115. The van der Waals surface area contributed by atoms with Gasteiger partial charge in [-0.05, 0) is 31.2 Å².